The van der Waals surface area contributed by atoms with E-state index >= 15 is 0 Å². The van der Waals surface area contributed by atoms with Crippen LogP contribution in [0.5, 0.6) is 0 Å². The molecule has 1 rings (SSSR count). The fraction of sp³-hybridized carbons (Fsp3) is 1.00. The molecule has 0 aliphatic carbocycles. The van der Waals surface area contributed by atoms with Crippen LogP contribution in [0.3, 0.4) is 0 Å². The fourth-order valence-electron chi connectivity index (χ4n) is 2.19. The van der Waals surface area contributed by atoms with Gasteiger partial charge in [0.25, 0.3) is 0 Å². The minimum Gasteiger partial charge on any atom is -0.309 e. The predicted octanol–water partition coefficient (Wildman–Crippen LogP) is 0.620. The molecule has 1 aliphatic heterocycles. The number of rotatable bonds is 3. The van der Waals surface area contributed by atoms with Crippen molar-refractivity contribution in [2.45, 2.75) is 32.4 Å². The highest BCUT2D eigenvalue weighted by Crippen LogP contribution is 2.14. The lowest BCUT2D eigenvalue weighted by molar-refractivity contribution is 0.0838. The maximum atomic E-state index is 3.61. The van der Waals surface area contributed by atoms with E-state index in [0.717, 1.165) is 26.2 Å². The molecule has 1 N–H and O–H groups in total. The van der Waals surface area contributed by atoms with Gasteiger partial charge >= 0.3 is 0 Å². The van der Waals surface area contributed by atoms with Gasteiger partial charge in [-0.25, -0.2) is 0 Å². The minimum absolute atomic E-state index is 0.277. The van der Waals surface area contributed by atoms with E-state index in [2.05, 4.69) is 50.0 Å². The van der Waals surface area contributed by atoms with Gasteiger partial charge in [0.05, 0.1) is 0 Å². The SMILES string of the molecule is CCN1CC(C)(C)NCC1CN(C)C. The molecule has 1 heterocycles. The van der Waals surface area contributed by atoms with Gasteiger partial charge in [-0.2, -0.15) is 0 Å². The van der Waals surface area contributed by atoms with Crippen molar-refractivity contribution in [1.82, 2.24) is 15.1 Å². The zero-order valence-electron chi connectivity index (χ0n) is 10.3. The van der Waals surface area contributed by atoms with E-state index in [1.54, 1.807) is 0 Å². The monoisotopic (exact) mass is 199 g/mol. The lowest BCUT2D eigenvalue weighted by Crippen LogP contribution is -2.63. The molecule has 1 saturated heterocycles. The summed E-state index contributed by atoms with van der Waals surface area (Å²) in [5.74, 6) is 0. The van der Waals surface area contributed by atoms with Gasteiger partial charge < -0.3 is 10.2 Å². The number of piperazine rings is 1. The Labute approximate surface area is 88.5 Å². The third kappa shape index (κ3) is 3.23. The maximum Gasteiger partial charge on any atom is 0.0348 e. The van der Waals surface area contributed by atoms with Crippen molar-refractivity contribution in [2.24, 2.45) is 0 Å². The molecule has 1 atom stereocenters. The van der Waals surface area contributed by atoms with Crippen LogP contribution in [0.25, 0.3) is 0 Å². The summed E-state index contributed by atoms with van der Waals surface area (Å²) < 4.78 is 0. The molecule has 0 spiro atoms. The zero-order valence-corrected chi connectivity index (χ0v) is 10.3. The molecule has 0 aromatic carbocycles. The molecule has 0 saturated carbocycles. The van der Waals surface area contributed by atoms with E-state index < -0.39 is 0 Å². The Bertz CT molecular complexity index is 177. The highest BCUT2D eigenvalue weighted by atomic mass is 15.3. The lowest BCUT2D eigenvalue weighted by atomic mass is 9.98. The maximum absolute atomic E-state index is 3.61. The van der Waals surface area contributed by atoms with Crippen LogP contribution in [0, 0.1) is 0 Å². The summed E-state index contributed by atoms with van der Waals surface area (Å²) in [6.45, 7) is 11.4. The summed E-state index contributed by atoms with van der Waals surface area (Å²) >= 11 is 0. The molecule has 0 aromatic heterocycles. The van der Waals surface area contributed by atoms with Crippen molar-refractivity contribution in [3.8, 4) is 0 Å². The molecule has 0 amide bonds. The Morgan fingerprint density at radius 1 is 1.43 bits per heavy atom. The molecule has 14 heavy (non-hydrogen) atoms. The zero-order chi connectivity index (χ0) is 10.8. The first-order valence-corrected chi connectivity index (χ1v) is 5.58. The summed E-state index contributed by atoms with van der Waals surface area (Å²) in [7, 11) is 4.29. The second-order valence-corrected chi connectivity index (χ2v) is 5.24. The van der Waals surface area contributed by atoms with Crippen LogP contribution in [-0.2, 0) is 0 Å². The summed E-state index contributed by atoms with van der Waals surface area (Å²) in [5, 5.41) is 3.61. The molecular weight excluding hydrogens is 174 g/mol. The summed E-state index contributed by atoms with van der Waals surface area (Å²) in [6, 6.07) is 0.669. The number of hydrogen-bond donors (Lipinski definition) is 1. The lowest BCUT2D eigenvalue weighted by Gasteiger charge is -2.45. The van der Waals surface area contributed by atoms with E-state index in [1.165, 1.54) is 0 Å². The van der Waals surface area contributed by atoms with Crippen molar-refractivity contribution < 1.29 is 0 Å². The minimum atomic E-state index is 0.277. The van der Waals surface area contributed by atoms with Crippen molar-refractivity contribution in [1.29, 1.82) is 0 Å². The van der Waals surface area contributed by atoms with Crippen LogP contribution in [-0.4, -0.2) is 61.7 Å². The predicted molar refractivity (Wildman–Crippen MR) is 61.7 cm³/mol. The fourth-order valence-corrected chi connectivity index (χ4v) is 2.19. The van der Waals surface area contributed by atoms with Crippen LogP contribution >= 0.6 is 0 Å². The first-order valence-electron chi connectivity index (χ1n) is 5.58. The standard InChI is InChI=1S/C11H25N3/c1-6-14-9-11(2,3)12-7-10(14)8-13(4)5/h10,12H,6-9H2,1-5H3. The van der Waals surface area contributed by atoms with Gasteiger partial charge in [0.15, 0.2) is 0 Å². The van der Waals surface area contributed by atoms with Gasteiger partial charge in [0, 0.05) is 31.2 Å². The highest BCUT2D eigenvalue weighted by Gasteiger charge is 2.31. The molecule has 0 bridgehead atoms. The Morgan fingerprint density at radius 3 is 2.57 bits per heavy atom. The molecule has 1 fully saturated rings. The second-order valence-electron chi connectivity index (χ2n) is 5.24. The quantitative estimate of drug-likeness (QED) is 0.719. The average Bonchev–Trinajstić information content (AvgIpc) is 2.07. The van der Waals surface area contributed by atoms with Gasteiger partial charge in [-0.3, -0.25) is 4.90 Å². The van der Waals surface area contributed by atoms with E-state index in [4.69, 9.17) is 0 Å². The third-order valence-electron chi connectivity index (χ3n) is 2.91. The average molecular weight is 199 g/mol. The highest BCUT2D eigenvalue weighted by molar-refractivity contribution is 4.92. The second kappa shape index (κ2) is 4.60. The molecular formula is C11H25N3. The number of likely N-dealkylation sites (N-methyl/N-ethyl adjacent to an activating group) is 2. The van der Waals surface area contributed by atoms with Gasteiger partial charge in [0.1, 0.15) is 0 Å². The molecule has 84 valence electrons. The third-order valence-corrected chi connectivity index (χ3v) is 2.91. The largest absolute Gasteiger partial charge is 0.309 e. The van der Waals surface area contributed by atoms with Gasteiger partial charge in [-0.15, -0.1) is 0 Å². The molecule has 1 aliphatic rings. The van der Waals surface area contributed by atoms with Crippen LogP contribution < -0.4 is 5.32 Å². The van der Waals surface area contributed by atoms with Crippen molar-refractivity contribution in [3.05, 3.63) is 0 Å². The van der Waals surface area contributed by atoms with Crippen molar-refractivity contribution in [3.63, 3.8) is 0 Å². The number of nitrogens with zero attached hydrogens (tertiary/aromatic N) is 2. The molecule has 3 heteroatoms. The Kier molecular flexibility index (Phi) is 3.93. The summed E-state index contributed by atoms with van der Waals surface area (Å²) in [6.07, 6.45) is 0. The van der Waals surface area contributed by atoms with Crippen molar-refractivity contribution in [2.75, 3.05) is 40.3 Å². The van der Waals surface area contributed by atoms with Crippen molar-refractivity contribution >= 4 is 0 Å². The molecule has 0 aromatic rings. The molecule has 1 unspecified atom stereocenters. The van der Waals surface area contributed by atoms with E-state index in [9.17, 15) is 0 Å². The van der Waals surface area contributed by atoms with Crippen LogP contribution in [0.15, 0.2) is 0 Å². The molecule has 3 nitrogen and oxygen atoms in total. The smallest absolute Gasteiger partial charge is 0.0348 e. The summed E-state index contributed by atoms with van der Waals surface area (Å²) in [5.41, 5.74) is 0.277. The van der Waals surface area contributed by atoms with Crippen LogP contribution in [0.4, 0.5) is 0 Å². The van der Waals surface area contributed by atoms with E-state index in [0.29, 0.717) is 6.04 Å². The Hall–Kier alpha value is -0.120. The topological polar surface area (TPSA) is 18.5 Å². The number of nitrogens with one attached hydrogen (secondary N) is 1. The first-order chi connectivity index (χ1) is 6.44. The van der Waals surface area contributed by atoms with Gasteiger partial charge in [0.2, 0.25) is 0 Å². The van der Waals surface area contributed by atoms with Gasteiger partial charge in [-0.1, -0.05) is 6.92 Å². The molecule has 0 radical (unpaired) electrons. The van der Waals surface area contributed by atoms with Gasteiger partial charge in [-0.05, 0) is 34.5 Å². The van der Waals surface area contributed by atoms with Crippen LogP contribution in [0.2, 0.25) is 0 Å². The normalized spacial score (nSPS) is 28.3. The van der Waals surface area contributed by atoms with E-state index in [1.807, 2.05) is 0 Å². The summed E-state index contributed by atoms with van der Waals surface area (Å²) in [4.78, 5) is 4.85. The number of hydrogen-bond acceptors (Lipinski definition) is 3. The first kappa shape index (κ1) is 12.0. The Balaban J connectivity index is 2.52. The van der Waals surface area contributed by atoms with Crippen LogP contribution in [0.1, 0.15) is 20.8 Å². The van der Waals surface area contributed by atoms with E-state index in [-0.39, 0.29) is 5.54 Å². The Morgan fingerprint density at radius 2 is 2.07 bits per heavy atom.